The lowest BCUT2D eigenvalue weighted by Gasteiger charge is -2.11. The predicted molar refractivity (Wildman–Crippen MR) is 98.0 cm³/mol. The number of methoxy groups -OCH3 is 1. The summed E-state index contributed by atoms with van der Waals surface area (Å²) in [5.41, 5.74) is 1.94. The normalized spacial score (nSPS) is 10.4. The zero-order valence-corrected chi connectivity index (χ0v) is 15.3. The number of Topliss-reactive ketones (excluding diaryl/α,β-unsaturated/α-hetero) is 1. The Morgan fingerprint density at radius 1 is 1.07 bits per heavy atom. The lowest BCUT2D eigenvalue weighted by molar-refractivity contribution is -0.116. The van der Waals surface area contributed by atoms with Crippen LogP contribution in [0.1, 0.15) is 44.7 Å². The van der Waals surface area contributed by atoms with Crippen LogP contribution in [0, 0.1) is 19.7 Å². The van der Waals surface area contributed by atoms with Gasteiger partial charge in [0.15, 0.2) is 17.3 Å². The number of nitrogens with one attached hydrogen (secondary N) is 1. The van der Waals surface area contributed by atoms with Gasteiger partial charge in [-0.3, -0.25) is 9.59 Å². The molecule has 0 aromatic heterocycles. The summed E-state index contributed by atoms with van der Waals surface area (Å²) >= 11 is 0. The maximum atomic E-state index is 13.7. The summed E-state index contributed by atoms with van der Waals surface area (Å²) in [4.78, 5) is 35.5. The number of amides is 1. The number of rotatable bonds is 7. The van der Waals surface area contributed by atoms with E-state index in [1.54, 1.807) is 19.9 Å². The summed E-state index contributed by atoms with van der Waals surface area (Å²) in [5, 5.41) is 11.8. The summed E-state index contributed by atoms with van der Waals surface area (Å²) in [6.07, 6.45) is -0.212. The van der Waals surface area contributed by atoms with Crippen molar-refractivity contribution < 1.29 is 28.6 Å². The second-order valence-corrected chi connectivity index (χ2v) is 6.11. The smallest absolute Gasteiger partial charge is 0.336 e. The van der Waals surface area contributed by atoms with Crippen LogP contribution in [0.5, 0.6) is 5.75 Å². The molecule has 0 fully saturated rings. The third kappa shape index (κ3) is 4.91. The Morgan fingerprint density at radius 3 is 2.37 bits per heavy atom. The summed E-state index contributed by atoms with van der Waals surface area (Å²) in [6.45, 7) is 3.42. The van der Waals surface area contributed by atoms with Gasteiger partial charge in [-0.05, 0) is 49.2 Å². The minimum Gasteiger partial charge on any atom is -0.494 e. The maximum absolute atomic E-state index is 13.7. The van der Waals surface area contributed by atoms with Crippen molar-refractivity contribution in [2.75, 3.05) is 12.4 Å². The van der Waals surface area contributed by atoms with E-state index >= 15 is 0 Å². The van der Waals surface area contributed by atoms with Crippen LogP contribution in [0.3, 0.4) is 0 Å². The molecule has 0 radical (unpaired) electrons. The molecule has 2 N–H and O–H groups in total. The molecule has 2 aromatic rings. The molecule has 0 saturated carbocycles. The number of halogens is 1. The Bertz CT molecular complexity index is 907. The molecule has 0 spiro atoms. The zero-order valence-electron chi connectivity index (χ0n) is 15.3. The number of ketones is 1. The molecule has 0 bridgehead atoms. The van der Waals surface area contributed by atoms with Gasteiger partial charge in [-0.25, -0.2) is 9.18 Å². The Hall–Kier alpha value is -3.22. The van der Waals surface area contributed by atoms with Crippen molar-refractivity contribution in [3.63, 3.8) is 0 Å². The minimum absolute atomic E-state index is 0.0355. The molecular weight excluding hydrogens is 353 g/mol. The molecule has 0 aliphatic rings. The van der Waals surface area contributed by atoms with Gasteiger partial charge in [0.25, 0.3) is 0 Å². The molecule has 0 heterocycles. The monoisotopic (exact) mass is 373 g/mol. The van der Waals surface area contributed by atoms with Gasteiger partial charge in [0.05, 0.1) is 12.7 Å². The molecule has 6 nitrogen and oxygen atoms in total. The van der Waals surface area contributed by atoms with Gasteiger partial charge >= 0.3 is 5.97 Å². The average molecular weight is 373 g/mol. The number of carbonyl (C=O) groups is 3. The van der Waals surface area contributed by atoms with Crippen molar-refractivity contribution in [2.24, 2.45) is 0 Å². The second kappa shape index (κ2) is 8.44. The van der Waals surface area contributed by atoms with Crippen molar-refractivity contribution in [1.82, 2.24) is 0 Å². The summed E-state index contributed by atoms with van der Waals surface area (Å²) < 4.78 is 18.5. The molecule has 1 amide bonds. The highest BCUT2D eigenvalue weighted by molar-refractivity contribution is 6.01. The summed E-state index contributed by atoms with van der Waals surface area (Å²) in [6, 6.07) is 6.93. The maximum Gasteiger partial charge on any atom is 0.336 e. The van der Waals surface area contributed by atoms with Crippen LogP contribution in [-0.4, -0.2) is 29.9 Å². The van der Waals surface area contributed by atoms with Crippen molar-refractivity contribution >= 4 is 23.3 Å². The number of hydrogen-bond donors (Lipinski definition) is 2. The molecule has 0 atom stereocenters. The van der Waals surface area contributed by atoms with Crippen molar-refractivity contribution in [3.05, 3.63) is 58.4 Å². The Balaban J connectivity index is 2.02. The molecule has 0 aliphatic carbocycles. The number of carboxylic acids is 1. The number of carboxylic acid groups (broad SMARTS) is 1. The Labute approximate surface area is 156 Å². The largest absolute Gasteiger partial charge is 0.494 e. The highest BCUT2D eigenvalue weighted by atomic mass is 19.1. The topological polar surface area (TPSA) is 92.7 Å². The van der Waals surface area contributed by atoms with E-state index in [0.29, 0.717) is 11.3 Å². The molecule has 0 aliphatic heterocycles. The number of hydrogen-bond acceptors (Lipinski definition) is 4. The van der Waals surface area contributed by atoms with Gasteiger partial charge in [-0.15, -0.1) is 0 Å². The first kappa shape index (κ1) is 20.1. The van der Waals surface area contributed by atoms with E-state index in [0.717, 1.165) is 11.6 Å². The number of carbonyl (C=O) groups excluding carboxylic acids is 2. The molecule has 142 valence electrons. The van der Waals surface area contributed by atoms with E-state index in [2.05, 4.69) is 5.32 Å². The first-order valence-electron chi connectivity index (χ1n) is 8.24. The molecule has 0 saturated heterocycles. The van der Waals surface area contributed by atoms with Crippen LogP contribution in [0.25, 0.3) is 0 Å². The summed E-state index contributed by atoms with van der Waals surface area (Å²) in [7, 11) is 1.33. The lowest BCUT2D eigenvalue weighted by Crippen LogP contribution is -2.15. The highest BCUT2D eigenvalue weighted by Gasteiger charge is 2.15. The van der Waals surface area contributed by atoms with E-state index in [1.165, 1.54) is 25.3 Å². The second-order valence-electron chi connectivity index (χ2n) is 6.11. The van der Waals surface area contributed by atoms with Crippen molar-refractivity contribution in [2.45, 2.75) is 26.7 Å². The van der Waals surface area contributed by atoms with E-state index < -0.39 is 17.7 Å². The van der Waals surface area contributed by atoms with Crippen LogP contribution < -0.4 is 10.1 Å². The van der Waals surface area contributed by atoms with E-state index in [-0.39, 0.29) is 35.5 Å². The lowest BCUT2D eigenvalue weighted by atomic mass is 10.0. The van der Waals surface area contributed by atoms with Crippen molar-refractivity contribution in [3.8, 4) is 5.75 Å². The minimum atomic E-state index is -1.08. The first-order chi connectivity index (χ1) is 12.7. The Kier molecular flexibility index (Phi) is 6.28. The fourth-order valence-electron chi connectivity index (χ4n) is 2.64. The Morgan fingerprint density at radius 2 is 1.78 bits per heavy atom. The fraction of sp³-hybridized carbons (Fsp3) is 0.250. The van der Waals surface area contributed by atoms with Crippen LogP contribution in [-0.2, 0) is 4.79 Å². The van der Waals surface area contributed by atoms with Crippen LogP contribution in [0.15, 0.2) is 30.3 Å². The quantitative estimate of drug-likeness (QED) is 0.721. The summed E-state index contributed by atoms with van der Waals surface area (Å²) in [5.74, 6) is -2.50. The van der Waals surface area contributed by atoms with Gasteiger partial charge in [-0.2, -0.15) is 0 Å². The zero-order chi connectivity index (χ0) is 20.1. The van der Waals surface area contributed by atoms with E-state index in [4.69, 9.17) is 4.74 Å². The van der Waals surface area contributed by atoms with Gasteiger partial charge in [0.2, 0.25) is 5.91 Å². The molecular formula is C20H20FNO5. The first-order valence-corrected chi connectivity index (χ1v) is 8.24. The predicted octanol–water partition coefficient (Wildman–Crippen LogP) is 3.75. The number of aryl methyl sites for hydroxylation is 2. The third-order valence-corrected chi connectivity index (χ3v) is 4.13. The van der Waals surface area contributed by atoms with Gasteiger partial charge in [0, 0.05) is 24.1 Å². The fourth-order valence-corrected chi connectivity index (χ4v) is 2.64. The number of benzene rings is 2. The number of aromatic carboxylic acids is 1. The van der Waals surface area contributed by atoms with E-state index in [1.807, 2.05) is 0 Å². The van der Waals surface area contributed by atoms with Gasteiger partial charge < -0.3 is 15.2 Å². The molecule has 7 heteroatoms. The van der Waals surface area contributed by atoms with Gasteiger partial charge in [0.1, 0.15) is 0 Å². The molecule has 2 rings (SSSR count). The van der Waals surface area contributed by atoms with Crippen molar-refractivity contribution in [1.29, 1.82) is 0 Å². The standard InChI is InChI=1S/C20H20FNO5/c1-11-8-12(2)16(10-14(11)20(25)26)22-19(24)7-5-17(23)13-4-6-18(27-3)15(21)9-13/h4,6,8-10H,5,7H2,1-3H3,(H,22,24)(H,25,26). The van der Waals surface area contributed by atoms with E-state index in [9.17, 15) is 23.9 Å². The van der Waals surface area contributed by atoms with Crippen LogP contribution >= 0.6 is 0 Å². The third-order valence-electron chi connectivity index (χ3n) is 4.13. The average Bonchev–Trinajstić information content (AvgIpc) is 2.61. The van der Waals surface area contributed by atoms with Crippen LogP contribution in [0.2, 0.25) is 0 Å². The molecule has 2 aromatic carbocycles. The highest BCUT2D eigenvalue weighted by Crippen LogP contribution is 2.22. The van der Waals surface area contributed by atoms with Crippen LogP contribution in [0.4, 0.5) is 10.1 Å². The van der Waals surface area contributed by atoms with Gasteiger partial charge in [-0.1, -0.05) is 6.07 Å². The molecule has 27 heavy (non-hydrogen) atoms. The number of anilines is 1. The number of ether oxygens (including phenoxy) is 1. The SMILES string of the molecule is COc1ccc(C(=O)CCC(=O)Nc2cc(C(=O)O)c(C)cc2C)cc1F. The molecule has 0 unspecified atom stereocenters.